The van der Waals surface area contributed by atoms with Gasteiger partial charge in [-0.1, -0.05) is 6.42 Å². The van der Waals surface area contributed by atoms with Crippen molar-refractivity contribution in [2.45, 2.75) is 76.4 Å². The van der Waals surface area contributed by atoms with E-state index in [0.29, 0.717) is 25.8 Å². The van der Waals surface area contributed by atoms with Crippen LogP contribution < -0.4 is 27.4 Å². The lowest BCUT2D eigenvalue weighted by Crippen LogP contribution is -2.60. The van der Waals surface area contributed by atoms with Crippen LogP contribution in [-0.4, -0.2) is 81.9 Å². The van der Waals surface area contributed by atoms with Crippen LogP contribution in [0.15, 0.2) is 0 Å². The van der Waals surface area contributed by atoms with E-state index in [0.717, 1.165) is 0 Å². The third-order valence-corrected chi connectivity index (χ3v) is 4.17. The fourth-order valence-electron chi connectivity index (χ4n) is 2.34. The summed E-state index contributed by atoms with van der Waals surface area (Å²) in [5.41, 5.74) is 11.1. The quantitative estimate of drug-likeness (QED) is 0.140. The SMILES string of the molecule is CC(NC(=O)C(N)CCCCN)C(=O)NC(C(=O)NC(C(=O)O)C(C)O)C(C)O. The molecule has 0 heterocycles. The molecule has 0 saturated heterocycles. The molecule has 29 heavy (non-hydrogen) atoms. The Balaban J connectivity index is 4.89. The zero-order valence-corrected chi connectivity index (χ0v) is 16.9. The number of carboxylic acids is 1. The number of aliphatic hydroxyl groups excluding tert-OH is 2. The molecule has 0 aliphatic carbocycles. The van der Waals surface area contributed by atoms with Crippen molar-refractivity contribution in [1.82, 2.24) is 16.0 Å². The van der Waals surface area contributed by atoms with Gasteiger partial charge in [-0.05, 0) is 40.2 Å². The Hall–Kier alpha value is -2.28. The summed E-state index contributed by atoms with van der Waals surface area (Å²) in [5, 5.41) is 35.0. The molecular formula is C17H33N5O7. The molecule has 0 radical (unpaired) electrons. The Morgan fingerprint density at radius 3 is 1.79 bits per heavy atom. The molecule has 0 spiro atoms. The highest BCUT2D eigenvalue weighted by molar-refractivity contribution is 5.94. The first-order valence-corrected chi connectivity index (χ1v) is 9.38. The lowest BCUT2D eigenvalue weighted by atomic mass is 10.1. The highest BCUT2D eigenvalue weighted by Crippen LogP contribution is 2.01. The molecule has 0 aromatic carbocycles. The van der Waals surface area contributed by atoms with Crippen molar-refractivity contribution in [2.75, 3.05) is 6.54 Å². The Labute approximate surface area is 169 Å². The van der Waals surface area contributed by atoms with Gasteiger partial charge in [0.2, 0.25) is 17.7 Å². The Morgan fingerprint density at radius 2 is 1.34 bits per heavy atom. The van der Waals surface area contributed by atoms with Crippen molar-refractivity contribution in [2.24, 2.45) is 11.5 Å². The van der Waals surface area contributed by atoms with Crippen molar-refractivity contribution < 1.29 is 34.5 Å². The molecule has 0 fully saturated rings. The van der Waals surface area contributed by atoms with Crippen LogP contribution in [0.4, 0.5) is 0 Å². The first-order chi connectivity index (χ1) is 13.4. The molecule has 0 rings (SSSR count). The predicted molar refractivity (Wildman–Crippen MR) is 103 cm³/mol. The second kappa shape index (κ2) is 13.0. The second-order valence-corrected chi connectivity index (χ2v) is 6.91. The topological polar surface area (TPSA) is 217 Å². The number of aliphatic hydroxyl groups is 2. The molecule has 0 aromatic rings. The van der Waals surface area contributed by atoms with Crippen LogP contribution in [0.3, 0.4) is 0 Å². The van der Waals surface area contributed by atoms with Gasteiger partial charge in [0.1, 0.15) is 12.1 Å². The maximum atomic E-state index is 12.3. The first kappa shape index (κ1) is 26.7. The van der Waals surface area contributed by atoms with Crippen LogP contribution in [-0.2, 0) is 19.2 Å². The minimum absolute atomic E-state index is 0.395. The molecule has 6 unspecified atom stereocenters. The number of carbonyl (C=O) groups excluding carboxylic acids is 3. The number of unbranched alkanes of at least 4 members (excludes halogenated alkanes) is 1. The molecule has 6 atom stereocenters. The average molecular weight is 419 g/mol. The molecule has 0 aliphatic rings. The molecule has 0 aliphatic heterocycles. The molecule has 10 N–H and O–H groups in total. The fourth-order valence-corrected chi connectivity index (χ4v) is 2.34. The van der Waals surface area contributed by atoms with Crippen LogP contribution in [0.25, 0.3) is 0 Å². The molecule has 3 amide bonds. The van der Waals surface area contributed by atoms with Crippen molar-refractivity contribution >= 4 is 23.7 Å². The zero-order chi connectivity index (χ0) is 22.7. The Kier molecular flexibility index (Phi) is 12.0. The van der Waals surface area contributed by atoms with Gasteiger partial charge in [0, 0.05) is 0 Å². The summed E-state index contributed by atoms with van der Waals surface area (Å²) in [5.74, 6) is -3.81. The van der Waals surface area contributed by atoms with E-state index in [-0.39, 0.29) is 0 Å². The Morgan fingerprint density at radius 1 is 0.828 bits per heavy atom. The first-order valence-electron chi connectivity index (χ1n) is 9.38. The minimum Gasteiger partial charge on any atom is -0.480 e. The predicted octanol–water partition coefficient (Wildman–Crippen LogP) is -3.24. The number of carboxylic acid groups (broad SMARTS) is 1. The average Bonchev–Trinajstić information content (AvgIpc) is 2.62. The van der Waals surface area contributed by atoms with E-state index in [4.69, 9.17) is 16.6 Å². The standard InChI is InChI=1S/C17H33N5O7/c1-8(20-15(26)11(19)6-4-5-7-18)14(25)21-12(9(2)23)16(27)22-13(10(3)24)17(28)29/h8-13,23-24H,4-7,18-19H2,1-3H3,(H,20,26)(H,21,25)(H,22,27)(H,28,29). The van der Waals surface area contributed by atoms with E-state index in [1.165, 1.54) is 20.8 Å². The van der Waals surface area contributed by atoms with Gasteiger partial charge in [-0.2, -0.15) is 0 Å². The van der Waals surface area contributed by atoms with Crippen molar-refractivity contribution in [3.8, 4) is 0 Å². The third kappa shape index (κ3) is 9.65. The van der Waals surface area contributed by atoms with Crippen LogP contribution in [0, 0.1) is 0 Å². The maximum Gasteiger partial charge on any atom is 0.328 e. The smallest absolute Gasteiger partial charge is 0.328 e. The van der Waals surface area contributed by atoms with Gasteiger partial charge in [0.25, 0.3) is 0 Å². The largest absolute Gasteiger partial charge is 0.480 e. The van der Waals surface area contributed by atoms with E-state index in [1.807, 2.05) is 5.32 Å². The highest BCUT2D eigenvalue weighted by Gasteiger charge is 2.33. The van der Waals surface area contributed by atoms with Crippen molar-refractivity contribution in [3.63, 3.8) is 0 Å². The number of nitrogens with one attached hydrogen (secondary N) is 3. The normalized spacial score (nSPS) is 17.2. The molecule has 12 heteroatoms. The number of rotatable bonds is 13. The van der Waals surface area contributed by atoms with Gasteiger partial charge in [-0.3, -0.25) is 14.4 Å². The number of hydrogen-bond acceptors (Lipinski definition) is 8. The van der Waals surface area contributed by atoms with Gasteiger partial charge < -0.3 is 42.7 Å². The van der Waals surface area contributed by atoms with E-state index >= 15 is 0 Å². The lowest BCUT2D eigenvalue weighted by Gasteiger charge is -2.26. The molecular weight excluding hydrogens is 386 g/mol. The summed E-state index contributed by atoms with van der Waals surface area (Å²) in [6.45, 7) is 4.24. The molecule has 168 valence electrons. The maximum absolute atomic E-state index is 12.3. The summed E-state index contributed by atoms with van der Waals surface area (Å²) < 4.78 is 0. The second-order valence-electron chi connectivity index (χ2n) is 6.91. The highest BCUT2D eigenvalue weighted by atomic mass is 16.4. The number of hydrogen-bond donors (Lipinski definition) is 8. The third-order valence-electron chi connectivity index (χ3n) is 4.17. The van der Waals surface area contributed by atoms with Gasteiger partial charge >= 0.3 is 5.97 Å². The molecule has 0 aromatic heterocycles. The zero-order valence-electron chi connectivity index (χ0n) is 16.9. The van der Waals surface area contributed by atoms with Gasteiger partial charge in [0.15, 0.2) is 6.04 Å². The van der Waals surface area contributed by atoms with E-state index in [2.05, 4.69) is 10.6 Å². The van der Waals surface area contributed by atoms with Crippen LogP contribution in [0.5, 0.6) is 0 Å². The van der Waals surface area contributed by atoms with E-state index in [1.54, 1.807) is 0 Å². The number of aliphatic carboxylic acids is 1. The summed E-state index contributed by atoms with van der Waals surface area (Å²) >= 11 is 0. The lowest BCUT2D eigenvalue weighted by molar-refractivity contribution is -0.146. The summed E-state index contributed by atoms with van der Waals surface area (Å²) in [6.07, 6.45) is -1.01. The van der Waals surface area contributed by atoms with Gasteiger partial charge in [0.05, 0.1) is 18.2 Å². The van der Waals surface area contributed by atoms with Crippen LogP contribution in [0.2, 0.25) is 0 Å². The minimum atomic E-state index is -1.62. The summed E-state index contributed by atoms with van der Waals surface area (Å²) in [7, 11) is 0. The van der Waals surface area contributed by atoms with Crippen molar-refractivity contribution in [3.05, 3.63) is 0 Å². The van der Waals surface area contributed by atoms with Gasteiger partial charge in [-0.15, -0.1) is 0 Å². The van der Waals surface area contributed by atoms with Crippen LogP contribution >= 0.6 is 0 Å². The number of amides is 3. The molecule has 0 bridgehead atoms. The van der Waals surface area contributed by atoms with E-state index < -0.39 is 60.1 Å². The summed E-state index contributed by atoms with van der Waals surface area (Å²) in [6, 6.07) is -5.01. The van der Waals surface area contributed by atoms with Gasteiger partial charge in [-0.25, -0.2) is 4.79 Å². The fraction of sp³-hybridized carbons (Fsp3) is 0.765. The van der Waals surface area contributed by atoms with E-state index in [9.17, 15) is 29.4 Å². The molecule has 0 saturated carbocycles. The monoisotopic (exact) mass is 419 g/mol. The Bertz CT molecular complexity index is 570. The number of nitrogens with two attached hydrogens (primary N) is 2. The van der Waals surface area contributed by atoms with Crippen LogP contribution in [0.1, 0.15) is 40.0 Å². The summed E-state index contributed by atoms with van der Waals surface area (Å²) in [4.78, 5) is 47.7. The number of carbonyl (C=O) groups is 4. The van der Waals surface area contributed by atoms with Crippen molar-refractivity contribution in [1.29, 1.82) is 0 Å². The molecule has 12 nitrogen and oxygen atoms in total.